The average molecular weight is 279 g/mol. The van der Waals surface area contributed by atoms with Crippen LogP contribution in [0.4, 0.5) is 0 Å². The van der Waals surface area contributed by atoms with E-state index in [0.717, 1.165) is 25.7 Å². The van der Waals surface area contributed by atoms with Gasteiger partial charge in [-0.2, -0.15) is 0 Å². The fraction of sp³-hybridized carbons (Fsp3) is 0.875. The first-order valence-corrected chi connectivity index (χ1v) is 8.24. The molecular formula is C16H25NO3. The second-order valence-corrected chi connectivity index (χ2v) is 6.44. The van der Waals surface area contributed by atoms with E-state index in [0.29, 0.717) is 6.54 Å². The molecule has 0 aromatic heterocycles. The molecule has 0 spiro atoms. The Kier molecular flexibility index (Phi) is 4.11. The van der Waals surface area contributed by atoms with Crippen LogP contribution in [0.2, 0.25) is 0 Å². The Morgan fingerprint density at radius 2 is 1.50 bits per heavy atom. The third-order valence-electron chi connectivity index (χ3n) is 5.11. The highest BCUT2D eigenvalue weighted by Crippen LogP contribution is 2.48. The summed E-state index contributed by atoms with van der Waals surface area (Å²) in [6.07, 6.45) is 9.04. The monoisotopic (exact) mass is 279 g/mol. The van der Waals surface area contributed by atoms with Crippen LogP contribution in [0.1, 0.15) is 58.3 Å². The standard InChI is InChI=1S/C16H25NO3/c1-2-3-4-5-6-7-10-17-15(18)13-11-8-9-12(20-11)14(13)16(17)19/h11-14H,2-10H2,1H3/t11-,12-,13?,14?/m1/s1. The van der Waals surface area contributed by atoms with E-state index in [9.17, 15) is 9.59 Å². The van der Waals surface area contributed by atoms with Crippen molar-refractivity contribution >= 4 is 11.8 Å². The van der Waals surface area contributed by atoms with Crippen molar-refractivity contribution in [2.75, 3.05) is 6.54 Å². The number of hydrogen-bond donors (Lipinski definition) is 0. The van der Waals surface area contributed by atoms with Crippen molar-refractivity contribution in [3.8, 4) is 0 Å². The van der Waals surface area contributed by atoms with Crippen LogP contribution in [-0.4, -0.2) is 35.5 Å². The zero-order chi connectivity index (χ0) is 14.1. The Morgan fingerprint density at radius 3 is 2.10 bits per heavy atom. The van der Waals surface area contributed by atoms with E-state index in [1.54, 1.807) is 0 Å². The first-order chi connectivity index (χ1) is 9.74. The number of imide groups is 1. The minimum atomic E-state index is -0.152. The molecule has 0 aromatic carbocycles. The molecule has 3 saturated heterocycles. The SMILES string of the molecule is CCCCCCCCN1C(=O)C2C(C1=O)[C@H]1CC[C@H]2O1. The minimum Gasteiger partial charge on any atom is -0.373 e. The van der Waals surface area contributed by atoms with Gasteiger partial charge in [0.05, 0.1) is 24.0 Å². The van der Waals surface area contributed by atoms with Gasteiger partial charge in [-0.15, -0.1) is 0 Å². The third kappa shape index (κ3) is 2.28. The zero-order valence-electron chi connectivity index (χ0n) is 12.3. The van der Waals surface area contributed by atoms with Crippen LogP contribution in [0, 0.1) is 11.8 Å². The van der Waals surface area contributed by atoms with Gasteiger partial charge in [-0.3, -0.25) is 14.5 Å². The summed E-state index contributed by atoms with van der Waals surface area (Å²) in [6.45, 7) is 2.83. The van der Waals surface area contributed by atoms with Crippen molar-refractivity contribution in [3.63, 3.8) is 0 Å². The van der Waals surface area contributed by atoms with Crippen LogP contribution in [0.25, 0.3) is 0 Å². The molecule has 112 valence electrons. The normalized spacial score (nSPS) is 35.1. The summed E-state index contributed by atoms with van der Waals surface area (Å²) in [5, 5.41) is 0. The Hall–Kier alpha value is -0.900. The number of nitrogens with zero attached hydrogens (tertiary/aromatic N) is 1. The zero-order valence-corrected chi connectivity index (χ0v) is 12.3. The number of ether oxygens (including phenoxy) is 1. The van der Waals surface area contributed by atoms with E-state index >= 15 is 0 Å². The topological polar surface area (TPSA) is 46.6 Å². The van der Waals surface area contributed by atoms with Crippen LogP contribution in [0.15, 0.2) is 0 Å². The highest BCUT2D eigenvalue weighted by atomic mass is 16.5. The smallest absolute Gasteiger partial charge is 0.235 e. The molecule has 4 nitrogen and oxygen atoms in total. The summed E-state index contributed by atoms with van der Waals surface area (Å²) in [7, 11) is 0. The molecule has 3 aliphatic heterocycles. The molecule has 0 aliphatic carbocycles. The minimum absolute atomic E-state index is 0.0241. The largest absolute Gasteiger partial charge is 0.373 e. The number of hydrogen-bond acceptors (Lipinski definition) is 3. The number of likely N-dealkylation sites (tertiary alicyclic amines) is 1. The van der Waals surface area contributed by atoms with Crippen molar-refractivity contribution in [2.24, 2.45) is 11.8 Å². The Bertz CT molecular complexity index is 367. The lowest BCUT2D eigenvalue weighted by Crippen LogP contribution is -2.35. The lowest BCUT2D eigenvalue weighted by Gasteiger charge is -2.17. The fourth-order valence-corrected chi connectivity index (χ4v) is 4.04. The van der Waals surface area contributed by atoms with Crippen molar-refractivity contribution in [3.05, 3.63) is 0 Å². The second-order valence-electron chi connectivity index (χ2n) is 6.44. The summed E-state index contributed by atoms with van der Waals surface area (Å²) < 4.78 is 5.73. The molecule has 0 N–H and O–H groups in total. The summed E-state index contributed by atoms with van der Waals surface area (Å²) in [5.74, 6) is -0.218. The summed E-state index contributed by atoms with van der Waals surface area (Å²) >= 11 is 0. The fourth-order valence-electron chi connectivity index (χ4n) is 4.04. The molecule has 20 heavy (non-hydrogen) atoms. The summed E-state index contributed by atoms with van der Waals surface area (Å²) in [6, 6.07) is 0. The van der Waals surface area contributed by atoms with Gasteiger partial charge in [0.15, 0.2) is 0 Å². The van der Waals surface area contributed by atoms with Crippen molar-refractivity contribution in [1.29, 1.82) is 0 Å². The first kappa shape index (κ1) is 14.1. The number of carbonyl (C=O) groups excluding carboxylic acids is 2. The van der Waals surface area contributed by atoms with E-state index in [1.165, 1.54) is 30.6 Å². The van der Waals surface area contributed by atoms with E-state index in [2.05, 4.69) is 6.92 Å². The number of carbonyl (C=O) groups is 2. The summed E-state index contributed by atoms with van der Waals surface area (Å²) in [5.41, 5.74) is 0. The number of fused-ring (bicyclic) bond motifs is 5. The Morgan fingerprint density at radius 1 is 0.950 bits per heavy atom. The van der Waals surface area contributed by atoms with Gasteiger partial charge in [0.1, 0.15) is 0 Å². The average Bonchev–Trinajstić information content (AvgIpc) is 3.11. The number of rotatable bonds is 7. The predicted molar refractivity (Wildman–Crippen MR) is 75.0 cm³/mol. The van der Waals surface area contributed by atoms with Crippen LogP contribution in [0.5, 0.6) is 0 Å². The van der Waals surface area contributed by atoms with Crippen LogP contribution in [0.3, 0.4) is 0 Å². The maximum atomic E-state index is 12.4. The lowest BCUT2D eigenvalue weighted by molar-refractivity contribution is -0.142. The summed E-state index contributed by atoms with van der Waals surface area (Å²) in [4.78, 5) is 26.3. The molecule has 3 aliphatic rings. The maximum Gasteiger partial charge on any atom is 0.235 e. The van der Waals surface area contributed by atoms with Gasteiger partial charge in [0, 0.05) is 6.54 Å². The first-order valence-electron chi connectivity index (χ1n) is 8.24. The molecule has 0 radical (unpaired) electrons. The van der Waals surface area contributed by atoms with Crippen LogP contribution in [-0.2, 0) is 14.3 Å². The molecule has 4 heteroatoms. The molecule has 0 saturated carbocycles. The molecule has 4 atom stereocenters. The molecule has 2 amide bonds. The maximum absolute atomic E-state index is 12.4. The lowest BCUT2D eigenvalue weighted by atomic mass is 9.81. The number of amides is 2. The molecule has 0 aromatic rings. The molecule has 2 unspecified atom stereocenters. The Balaban J connectivity index is 1.49. The van der Waals surface area contributed by atoms with Crippen molar-refractivity contribution < 1.29 is 14.3 Å². The van der Waals surface area contributed by atoms with Crippen LogP contribution < -0.4 is 0 Å². The van der Waals surface area contributed by atoms with Crippen molar-refractivity contribution in [1.82, 2.24) is 4.90 Å². The van der Waals surface area contributed by atoms with E-state index < -0.39 is 0 Å². The van der Waals surface area contributed by atoms with E-state index in [1.807, 2.05) is 0 Å². The molecule has 3 fully saturated rings. The van der Waals surface area contributed by atoms with Gasteiger partial charge in [-0.05, 0) is 19.3 Å². The van der Waals surface area contributed by atoms with Crippen molar-refractivity contribution in [2.45, 2.75) is 70.5 Å². The molecule has 3 rings (SSSR count). The van der Waals surface area contributed by atoms with Gasteiger partial charge in [0.25, 0.3) is 0 Å². The van der Waals surface area contributed by atoms with Crippen LogP contribution >= 0.6 is 0 Å². The Labute approximate surface area is 120 Å². The van der Waals surface area contributed by atoms with E-state index in [4.69, 9.17) is 4.74 Å². The van der Waals surface area contributed by atoms with E-state index in [-0.39, 0.29) is 35.9 Å². The molecular weight excluding hydrogens is 254 g/mol. The van der Waals surface area contributed by atoms with Gasteiger partial charge in [0.2, 0.25) is 11.8 Å². The number of unbranched alkanes of at least 4 members (excludes halogenated alkanes) is 5. The van der Waals surface area contributed by atoms with Gasteiger partial charge < -0.3 is 4.74 Å². The van der Waals surface area contributed by atoms with Gasteiger partial charge in [-0.1, -0.05) is 39.0 Å². The van der Waals surface area contributed by atoms with Gasteiger partial charge in [-0.25, -0.2) is 0 Å². The molecule has 2 bridgehead atoms. The second kappa shape index (κ2) is 5.84. The molecule has 3 heterocycles. The highest BCUT2D eigenvalue weighted by molar-refractivity contribution is 6.06. The third-order valence-corrected chi connectivity index (χ3v) is 5.11. The quantitative estimate of drug-likeness (QED) is 0.531. The van der Waals surface area contributed by atoms with Gasteiger partial charge >= 0.3 is 0 Å². The highest BCUT2D eigenvalue weighted by Gasteiger charge is 2.62. The predicted octanol–water partition coefficient (Wildman–Crippen LogP) is 2.51.